The Morgan fingerprint density at radius 2 is 1.79 bits per heavy atom. The SMILES string of the molecule is C[C@@H]1CCCN(c2ncc(CN(C)Cc3ccccc3N3CCOCC3)cn2)C1. The summed E-state index contributed by atoms with van der Waals surface area (Å²) >= 11 is 0. The van der Waals surface area contributed by atoms with Crippen molar-refractivity contribution in [3.63, 3.8) is 0 Å². The number of hydrogen-bond acceptors (Lipinski definition) is 6. The molecule has 2 fully saturated rings. The first kappa shape index (κ1) is 20.1. The Bertz CT molecular complexity index is 775. The molecule has 0 saturated carbocycles. The fraction of sp³-hybridized carbons (Fsp3) is 0.565. The van der Waals surface area contributed by atoms with E-state index in [1.165, 1.54) is 24.1 Å². The third-order valence-electron chi connectivity index (χ3n) is 5.87. The van der Waals surface area contributed by atoms with Gasteiger partial charge in [-0.15, -0.1) is 0 Å². The van der Waals surface area contributed by atoms with Crippen LogP contribution in [0.2, 0.25) is 0 Å². The Morgan fingerprint density at radius 1 is 1.03 bits per heavy atom. The molecule has 2 saturated heterocycles. The predicted octanol–water partition coefficient (Wildman–Crippen LogP) is 3.18. The quantitative estimate of drug-likeness (QED) is 0.749. The molecule has 29 heavy (non-hydrogen) atoms. The van der Waals surface area contributed by atoms with E-state index in [9.17, 15) is 0 Å². The van der Waals surface area contributed by atoms with Crippen LogP contribution in [-0.2, 0) is 17.8 Å². The van der Waals surface area contributed by atoms with E-state index in [2.05, 4.69) is 62.9 Å². The van der Waals surface area contributed by atoms with Crippen LogP contribution in [0, 0.1) is 5.92 Å². The van der Waals surface area contributed by atoms with Crippen LogP contribution in [0.1, 0.15) is 30.9 Å². The number of nitrogens with zero attached hydrogens (tertiary/aromatic N) is 5. The number of ether oxygens (including phenoxy) is 1. The number of para-hydroxylation sites is 1. The van der Waals surface area contributed by atoms with Crippen LogP contribution in [0.4, 0.5) is 11.6 Å². The third kappa shape index (κ3) is 5.25. The molecule has 0 radical (unpaired) electrons. The van der Waals surface area contributed by atoms with Gasteiger partial charge in [0.15, 0.2) is 0 Å². The minimum atomic E-state index is 0.727. The maximum atomic E-state index is 5.51. The third-order valence-corrected chi connectivity index (χ3v) is 5.87. The van der Waals surface area contributed by atoms with Gasteiger partial charge in [0.05, 0.1) is 13.2 Å². The highest BCUT2D eigenvalue weighted by Crippen LogP contribution is 2.23. The van der Waals surface area contributed by atoms with Gasteiger partial charge < -0.3 is 14.5 Å². The predicted molar refractivity (Wildman–Crippen MR) is 117 cm³/mol. The van der Waals surface area contributed by atoms with Gasteiger partial charge in [0.1, 0.15) is 0 Å². The van der Waals surface area contributed by atoms with Crippen molar-refractivity contribution >= 4 is 11.6 Å². The molecule has 0 aliphatic carbocycles. The van der Waals surface area contributed by atoms with Gasteiger partial charge in [-0.2, -0.15) is 0 Å². The fourth-order valence-corrected chi connectivity index (χ4v) is 4.38. The van der Waals surface area contributed by atoms with E-state index < -0.39 is 0 Å². The zero-order valence-electron chi connectivity index (χ0n) is 17.8. The maximum absolute atomic E-state index is 5.51. The van der Waals surface area contributed by atoms with Gasteiger partial charge >= 0.3 is 0 Å². The highest BCUT2D eigenvalue weighted by Gasteiger charge is 2.19. The lowest BCUT2D eigenvalue weighted by Crippen LogP contribution is -2.37. The first-order valence-corrected chi connectivity index (χ1v) is 10.8. The molecule has 6 nitrogen and oxygen atoms in total. The zero-order chi connectivity index (χ0) is 20.1. The van der Waals surface area contributed by atoms with Crippen molar-refractivity contribution in [2.45, 2.75) is 32.9 Å². The lowest BCUT2D eigenvalue weighted by molar-refractivity contribution is 0.122. The minimum Gasteiger partial charge on any atom is -0.378 e. The summed E-state index contributed by atoms with van der Waals surface area (Å²) < 4.78 is 5.51. The average molecular weight is 396 g/mol. The molecule has 156 valence electrons. The second-order valence-electron chi connectivity index (χ2n) is 8.49. The molecule has 0 spiro atoms. The zero-order valence-corrected chi connectivity index (χ0v) is 17.8. The van der Waals surface area contributed by atoms with E-state index >= 15 is 0 Å². The molecule has 2 aromatic rings. The second kappa shape index (κ2) is 9.55. The lowest BCUT2D eigenvalue weighted by atomic mass is 10.0. The molecular weight excluding hydrogens is 362 g/mol. The molecule has 4 rings (SSSR count). The van der Waals surface area contributed by atoms with Crippen molar-refractivity contribution < 1.29 is 4.74 Å². The number of piperidine rings is 1. The van der Waals surface area contributed by atoms with E-state index in [0.717, 1.165) is 69.9 Å². The Morgan fingerprint density at radius 3 is 2.55 bits per heavy atom. The molecular formula is C23H33N5O. The van der Waals surface area contributed by atoms with E-state index in [4.69, 9.17) is 4.74 Å². The summed E-state index contributed by atoms with van der Waals surface area (Å²) in [7, 11) is 2.16. The van der Waals surface area contributed by atoms with Gasteiger partial charge in [-0.25, -0.2) is 9.97 Å². The van der Waals surface area contributed by atoms with Crippen LogP contribution in [0.15, 0.2) is 36.7 Å². The molecule has 1 aromatic carbocycles. The van der Waals surface area contributed by atoms with Crippen LogP contribution in [0.25, 0.3) is 0 Å². The molecule has 0 unspecified atom stereocenters. The monoisotopic (exact) mass is 395 g/mol. The second-order valence-corrected chi connectivity index (χ2v) is 8.49. The van der Waals surface area contributed by atoms with Gasteiger partial charge in [-0.3, -0.25) is 4.90 Å². The summed E-state index contributed by atoms with van der Waals surface area (Å²) in [5.74, 6) is 1.60. The average Bonchev–Trinajstić information content (AvgIpc) is 2.75. The Labute approximate surface area is 174 Å². The van der Waals surface area contributed by atoms with Crippen molar-refractivity contribution in [1.29, 1.82) is 0 Å². The molecule has 0 bridgehead atoms. The van der Waals surface area contributed by atoms with Crippen molar-refractivity contribution in [3.05, 3.63) is 47.8 Å². The minimum absolute atomic E-state index is 0.727. The summed E-state index contributed by atoms with van der Waals surface area (Å²) in [6, 6.07) is 8.72. The van der Waals surface area contributed by atoms with Crippen LogP contribution >= 0.6 is 0 Å². The van der Waals surface area contributed by atoms with E-state index in [1.807, 2.05) is 12.4 Å². The number of anilines is 2. The standard InChI is InChI=1S/C23H33N5O/c1-19-6-5-9-28(16-19)23-24-14-20(15-25-23)17-26(2)18-21-7-3-4-8-22(21)27-10-12-29-13-11-27/h3-4,7-8,14-15,19H,5-6,9-13,16-18H2,1-2H3/t19-/m1/s1. The first-order valence-electron chi connectivity index (χ1n) is 10.8. The van der Waals surface area contributed by atoms with Gasteiger partial charge in [0, 0.05) is 62.9 Å². The van der Waals surface area contributed by atoms with Gasteiger partial charge in [-0.1, -0.05) is 25.1 Å². The number of benzene rings is 1. The van der Waals surface area contributed by atoms with Crippen LogP contribution in [0.5, 0.6) is 0 Å². The van der Waals surface area contributed by atoms with Gasteiger partial charge in [0.25, 0.3) is 0 Å². The van der Waals surface area contributed by atoms with E-state index in [1.54, 1.807) is 0 Å². The van der Waals surface area contributed by atoms with Gasteiger partial charge in [-0.05, 0) is 37.4 Å². The lowest BCUT2D eigenvalue weighted by Gasteiger charge is -2.31. The first-order chi connectivity index (χ1) is 14.2. The molecule has 6 heteroatoms. The number of rotatable bonds is 6. The molecule has 1 atom stereocenters. The summed E-state index contributed by atoms with van der Waals surface area (Å²) in [6.07, 6.45) is 6.53. The summed E-state index contributed by atoms with van der Waals surface area (Å²) in [4.78, 5) is 16.4. The molecule has 0 amide bonds. The molecule has 3 heterocycles. The Kier molecular flexibility index (Phi) is 6.62. The number of hydrogen-bond donors (Lipinski definition) is 0. The smallest absolute Gasteiger partial charge is 0.225 e. The Balaban J connectivity index is 1.37. The highest BCUT2D eigenvalue weighted by atomic mass is 16.5. The van der Waals surface area contributed by atoms with Crippen molar-refractivity contribution in [2.75, 3.05) is 56.2 Å². The van der Waals surface area contributed by atoms with E-state index in [-0.39, 0.29) is 0 Å². The maximum Gasteiger partial charge on any atom is 0.225 e. The van der Waals surface area contributed by atoms with Crippen molar-refractivity contribution in [1.82, 2.24) is 14.9 Å². The summed E-state index contributed by atoms with van der Waals surface area (Å²) in [6.45, 7) is 9.74. The number of aromatic nitrogens is 2. The largest absolute Gasteiger partial charge is 0.378 e. The van der Waals surface area contributed by atoms with Crippen molar-refractivity contribution in [3.8, 4) is 0 Å². The molecule has 2 aliphatic heterocycles. The van der Waals surface area contributed by atoms with Gasteiger partial charge in [0.2, 0.25) is 5.95 Å². The molecule has 0 N–H and O–H groups in total. The molecule has 2 aliphatic rings. The summed E-state index contributed by atoms with van der Waals surface area (Å²) in [5.41, 5.74) is 3.84. The summed E-state index contributed by atoms with van der Waals surface area (Å²) in [5, 5.41) is 0. The van der Waals surface area contributed by atoms with Crippen molar-refractivity contribution in [2.24, 2.45) is 5.92 Å². The Hall–Kier alpha value is -2.18. The fourth-order valence-electron chi connectivity index (χ4n) is 4.38. The van der Waals surface area contributed by atoms with Crippen LogP contribution < -0.4 is 9.80 Å². The number of morpholine rings is 1. The topological polar surface area (TPSA) is 44.7 Å². The molecule has 1 aromatic heterocycles. The van der Waals surface area contributed by atoms with Crippen LogP contribution in [0.3, 0.4) is 0 Å². The van der Waals surface area contributed by atoms with E-state index in [0.29, 0.717) is 0 Å². The highest BCUT2D eigenvalue weighted by molar-refractivity contribution is 5.54. The normalized spacial score (nSPS) is 20.3. The van der Waals surface area contributed by atoms with Crippen LogP contribution in [-0.4, -0.2) is 61.3 Å².